The number of esters is 1. The molecule has 106 valence electrons. The lowest BCUT2D eigenvalue weighted by Crippen LogP contribution is -2.09. The molecule has 0 radical (unpaired) electrons. The van der Waals surface area contributed by atoms with Crippen molar-refractivity contribution in [3.63, 3.8) is 0 Å². The molecule has 6 heteroatoms. The van der Waals surface area contributed by atoms with Crippen molar-refractivity contribution in [1.29, 1.82) is 0 Å². The molecule has 0 bridgehead atoms. The minimum absolute atomic E-state index is 0.203. The van der Waals surface area contributed by atoms with Crippen LogP contribution in [0.2, 0.25) is 0 Å². The smallest absolute Gasteiger partial charge is 0.348 e. The maximum Gasteiger partial charge on any atom is 0.348 e. The van der Waals surface area contributed by atoms with Gasteiger partial charge in [0.25, 0.3) is 0 Å². The number of ether oxygens (including phenoxy) is 1. The Morgan fingerprint density at radius 3 is 2.60 bits per heavy atom. The number of benzene rings is 1. The van der Waals surface area contributed by atoms with Crippen molar-refractivity contribution < 1.29 is 17.9 Å². The van der Waals surface area contributed by atoms with E-state index in [2.05, 4.69) is 4.74 Å². The highest BCUT2D eigenvalue weighted by Gasteiger charge is 2.22. The van der Waals surface area contributed by atoms with Gasteiger partial charge in [-0.2, -0.15) is 0 Å². The van der Waals surface area contributed by atoms with Crippen LogP contribution in [0.4, 0.5) is 0 Å². The number of hydrogen-bond donors (Lipinski definition) is 0. The van der Waals surface area contributed by atoms with Crippen LogP contribution in [-0.2, 0) is 20.3 Å². The zero-order valence-corrected chi connectivity index (χ0v) is 12.8. The van der Waals surface area contributed by atoms with Crippen LogP contribution in [0.5, 0.6) is 0 Å². The molecule has 2 aromatic rings. The Bertz CT molecular complexity index is 729. The van der Waals surface area contributed by atoms with Gasteiger partial charge in [0.2, 0.25) is 0 Å². The molecule has 20 heavy (non-hydrogen) atoms. The van der Waals surface area contributed by atoms with Crippen molar-refractivity contribution in [3.05, 3.63) is 51.7 Å². The van der Waals surface area contributed by atoms with Crippen molar-refractivity contribution in [1.82, 2.24) is 0 Å². The van der Waals surface area contributed by atoms with Crippen molar-refractivity contribution in [3.8, 4) is 0 Å². The van der Waals surface area contributed by atoms with Gasteiger partial charge in [-0.1, -0.05) is 18.2 Å². The molecule has 0 saturated carbocycles. The largest absolute Gasteiger partial charge is 0.465 e. The lowest BCUT2D eigenvalue weighted by molar-refractivity contribution is 0.0605. The number of thiophene rings is 1. The third kappa shape index (κ3) is 2.91. The van der Waals surface area contributed by atoms with E-state index in [1.165, 1.54) is 18.4 Å². The first kappa shape index (κ1) is 14.7. The van der Waals surface area contributed by atoms with E-state index in [-0.39, 0.29) is 5.75 Å². The molecule has 0 unspecified atom stereocenters. The average Bonchev–Trinajstić information content (AvgIpc) is 2.85. The van der Waals surface area contributed by atoms with Gasteiger partial charge >= 0.3 is 5.97 Å². The van der Waals surface area contributed by atoms with Crippen molar-refractivity contribution >= 4 is 27.1 Å². The molecule has 1 aromatic carbocycles. The highest BCUT2D eigenvalue weighted by atomic mass is 32.2. The zero-order valence-electron chi connectivity index (χ0n) is 11.1. The summed E-state index contributed by atoms with van der Waals surface area (Å²) in [4.78, 5) is 12.2. The summed E-state index contributed by atoms with van der Waals surface area (Å²) < 4.78 is 29.5. The molecule has 0 saturated heterocycles. The summed E-state index contributed by atoms with van der Waals surface area (Å²) in [6.07, 6.45) is 0. The predicted molar refractivity (Wildman–Crippen MR) is 77.7 cm³/mol. The number of rotatable bonds is 4. The van der Waals surface area contributed by atoms with Crippen LogP contribution in [0, 0.1) is 6.92 Å². The van der Waals surface area contributed by atoms with Crippen molar-refractivity contribution in [2.24, 2.45) is 0 Å². The standard InChI is InChI=1S/C14H14O4S2/c1-10-5-3-4-6-12(10)20(16,17)9-11-7-8-19-13(11)14(15)18-2/h3-8H,9H2,1-2H3. The van der Waals surface area contributed by atoms with Crippen molar-refractivity contribution in [2.45, 2.75) is 17.6 Å². The quantitative estimate of drug-likeness (QED) is 0.815. The lowest BCUT2D eigenvalue weighted by atomic mass is 10.2. The minimum atomic E-state index is -3.48. The Hall–Kier alpha value is -1.66. The Morgan fingerprint density at radius 2 is 1.95 bits per heavy atom. The fraction of sp³-hybridized carbons (Fsp3) is 0.214. The van der Waals surface area contributed by atoms with Crippen LogP contribution in [0.1, 0.15) is 20.8 Å². The Morgan fingerprint density at radius 1 is 1.25 bits per heavy atom. The van der Waals surface area contributed by atoms with Gasteiger partial charge in [-0.25, -0.2) is 13.2 Å². The SMILES string of the molecule is COC(=O)c1sccc1CS(=O)(=O)c1ccccc1C. The highest BCUT2D eigenvalue weighted by Crippen LogP contribution is 2.25. The van der Waals surface area contributed by atoms with E-state index in [4.69, 9.17) is 0 Å². The Labute approximate surface area is 121 Å². The summed E-state index contributed by atoms with van der Waals surface area (Å²) in [6, 6.07) is 8.46. The van der Waals surface area contributed by atoms with E-state index in [1.54, 1.807) is 42.6 Å². The molecule has 0 aliphatic heterocycles. The number of aryl methyl sites for hydroxylation is 1. The van der Waals surface area contributed by atoms with E-state index in [0.29, 0.717) is 20.9 Å². The molecule has 0 aliphatic carbocycles. The molecule has 1 aromatic heterocycles. The monoisotopic (exact) mass is 310 g/mol. The molecule has 0 aliphatic rings. The van der Waals surface area contributed by atoms with Gasteiger partial charge in [0.1, 0.15) is 4.88 Å². The molecule has 0 fully saturated rings. The first-order valence-corrected chi connectivity index (χ1v) is 8.42. The van der Waals surface area contributed by atoms with E-state index in [1.807, 2.05) is 0 Å². The van der Waals surface area contributed by atoms with Gasteiger partial charge in [0, 0.05) is 0 Å². The predicted octanol–water partition coefficient (Wildman–Crippen LogP) is 2.82. The molecule has 2 rings (SSSR count). The number of methoxy groups -OCH3 is 1. The average molecular weight is 310 g/mol. The Kier molecular flexibility index (Phi) is 4.25. The fourth-order valence-electron chi connectivity index (χ4n) is 1.91. The summed E-state index contributed by atoms with van der Waals surface area (Å²) in [5.74, 6) is -0.707. The van der Waals surface area contributed by atoms with Crippen molar-refractivity contribution in [2.75, 3.05) is 7.11 Å². The van der Waals surface area contributed by atoms with E-state index in [9.17, 15) is 13.2 Å². The molecular formula is C14H14O4S2. The molecule has 1 heterocycles. The van der Waals surface area contributed by atoms with Gasteiger partial charge in [-0.15, -0.1) is 11.3 Å². The van der Waals surface area contributed by atoms with Gasteiger partial charge < -0.3 is 4.74 Å². The molecule has 4 nitrogen and oxygen atoms in total. The highest BCUT2D eigenvalue weighted by molar-refractivity contribution is 7.90. The normalized spacial score (nSPS) is 11.3. The van der Waals surface area contributed by atoms with E-state index in [0.717, 1.165) is 0 Å². The van der Waals surface area contributed by atoms with E-state index < -0.39 is 15.8 Å². The number of sulfone groups is 1. The van der Waals surface area contributed by atoms with Gasteiger partial charge in [0.15, 0.2) is 9.84 Å². The summed E-state index contributed by atoms with van der Waals surface area (Å²) in [5.41, 5.74) is 1.17. The van der Waals surface area contributed by atoms with Crippen LogP contribution in [0.25, 0.3) is 0 Å². The van der Waals surface area contributed by atoms with Crippen LogP contribution < -0.4 is 0 Å². The molecule has 0 amide bonds. The second-order valence-electron chi connectivity index (χ2n) is 4.29. The minimum Gasteiger partial charge on any atom is -0.465 e. The summed E-state index contributed by atoms with van der Waals surface area (Å²) in [6.45, 7) is 1.75. The first-order valence-electron chi connectivity index (χ1n) is 5.89. The zero-order chi connectivity index (χ0) is 14.8. The third-order valence-electron chi connectivity index (χ3n) is 2.89. The Balaban J connectivity index is 2.37. The molecule has 0 N–H and O–H groups in total. The maximum atomic E-state index is 12.4. The van der Waals surface area contributed by atoms with Gasteiger partial charge in [0.05, 0.1) is 17.8 Å². The van der Waals surface area contributed by atoms with Crippen LogP contribution in [-0.4, -0.2) is 21.5 Å². The van der Waals surface area contributed by atoms with Crippen LogP contribution >= 0.6 is 11.3 Å². The van der Waals surface area contributed by atoms with Gasteiger partial charge in [-0.05, 0) is 35.6 Å². The second kappa shape index (κ2) is 5.76. The summed E-state index contributed by atoms with van der Waals surface area (Å²) >= 11 is 1.18. The van der Waals surface area contributed by atoms with Gasteiger partial charge in [-0.3, -0.25) is 0 Å². The number of carbonyl (C=O) groups is 1. The molecule has 0 spiro atoms. The number of hydrogen-bond acceptors (Lipinski definition) is 5. The fourth-order valence-corrected chi connectivity index (χ4v) is 4.49. The molecule has 0 atom stereocenters. The third-order valence-corrected chi connectivity index (χ3v) is 5.65. The maximum absolute atomic E-state index is 12.4. The van der Waals surface area contributed by atoms with Crippen LogP contribution in [0.15, 0.2) is 40.6 Å². The second-order valence-corrected chi connectivity index (χ2v) is 7.17. The van der Waals surface area contributed by atoms with E-state index >= 15 is 0 Å². The first-order chi connectivity index (χ1) is 9.45. The number of carbonyl (C=O) groups excluding carboxylic acids is 1. The summed E-state index contributed by atoms with van der Waals surface area (Å²) in [7, 11) is -2.20. The topological polar surface area (TPSA) is 60.4 Å². The lowest BCUT2D eigenvalue weighted by Gasteiger charge is -2.07. The summed E-state index contributed by atoms with van der Waals surface area (Å²) in [5, 5.41) is 1.69. The molecular weight excluding hydrogens is 296 g/mol. The van der Waals surface area contributed by atoms with Crippen LogP contribution in [0.3, 0.4) is 0 Å².